The number of hydrogen-bond acceptors (Lipinski definition) is 4. The Bertz CT molecular complexity index is 1010. The summed E-state index contributed by atoms with van der Waals surface area (Å²) in [6.07, 6.45) is 1.85. The Morgan fingerprint density at radius 3 is 2.12 bits per heavy atom. The zero-order chi connectivity index (χ0) is 23.6. The second-order valence-corrected chi connectivity index (χ2v) is 9.46. The summed E-state index contributed by atoms with van der Waals surface area (Å²) in [4.78, 5) is 36.7. The smallest absolute Gasteiger partial charge is 0.407 e. The highest BCUT2D eigenvalue weighted by atomic mass is 16.5. The highest BCUT2D eigenvalue weighted by Crippen LogP contribution is 2.44. The molecule has 0 radical (unpaired) electrons. The van der Waals surface area contributed by atoms with Gasteiger partial charge in [0.2, 0.25) is 5.91 Å². The quantitative estimate of drug-likeness (QED) is 0.563. The lowest BCUT2D eigenvalue weighted by molar-refractivity contribution is -0.140. The molecule has 0 bridgehead atoms. The third-order valence-electron chi connectivity index (χ3n) is 6.90. The fourth-order valence-corrected chi connectivity index (χ4v) is 4.80. The minimum absolute atomic E-state index is 0.0921. The Hall–Kier alpha value is -3.35. The molecule has 2 aliphatic carbocycles. The van der Waals surface area contributed by atoms with E-state index in [1.54, 1.807) is 0 Å². The number of nitrogens with one attached hydrogen (secondary N) is 2. The predicted octanol–water partition coefficient (Wildman–Crippen LogP) is 4.06. The largest absolute Gasteiger partial charge is 0.481 e. The van der Waals surface area contributed by atoms with Crippen LogP contribution < -0.4 is 10.6 Å². The molecule has 0 aliphatic heterocycles. The van der Waals surface area contributed by atoms with E-state index in [1.807, 2.05) is 62.4 Å². The van der Waals surface area contributed by atoms with Crippen molar-refractivity contribution in [3.05, 3.63) is 59.7 Å². The maximum atomic E-state index is 12.8. The molecular weight excluding hydrogens is 420 g/mol. The second kappa shape index (κ2) is 9.25. The highest BCUT2D eigenvalue weighted by molar-refractivity contribution is 5.89. The van der Waals surface area contributed by atoms with Gasteiger partial charge in [0.25, 0.3) is 0 Å². The van der Waals surface area contributed by atoms with Crippen LogP contribution in [0.1, 0.15) is 56.6 Å². The van der Waals surface area contributed by atoms with E-state index >= 15 is 0 Å². The summed E-state index contributed by atoms with van der Waals surface area (Å²) in [6.45, 7) is 3.95. The van der Waals surface area contributed by atoms with Crippen molar-refractivity contribution in [3.63, 3.8) is 0 Å². The molecular formula is C26H30N2O5. The van der Waals surface area contributed by atoms with Gasteiger partial charge in [-0.2, -0.15) is 0 Å². The third-order valence-corrected chi connectivity index (χ3v) is 6.90. The van der Waals surface area contributed by atoms with Gasteiger partial charge in [-0.3, -0.25) is 9.59 Å². The summed E-state index contributed by atoms with van der Waals surface area (Å²) < 4.78 is 5.49. The number of carboxylic acid groups (broad SMARTS) is 1. The number of fused-ring (bicyclic) bond motifs is 3. The van der Waals surface area contributed by atoms with Gasteiger partial charge < -0.3 is 20.5 Å². The lowest BCUT2D eigenvalue weighted by Gasteiger charge is -2.41. The fraction of sp³-hybridized carbons (Fsp3) is 0.423. The van der Waals surface area contributed by atoms with Crippen LogP contribution in [0.15, 0.2) is 48.5 Å². The Balaban J connectivity index is 1.41. The zero-order valence-corrected chi connectivity index (χ0v) is 19.0. The van der Waals surface area contributed by atoms with Crippen molar-refractivity contribution in [1.29, 1.82) is 0 Å². The first-order valence-electron chi connectivity index (χ1n) is 11.4. The van der Waals surface area contributed by atoms with Gasteiger partial charge >= 0.3 is 12.1 Å². The van der Waals surface area contributed by atoms with Gasteiger partial charge in [-0.1, -0.05) is 55.0 Å². The monoisotopic (exact) mass is 450 g/mol. The number of alkyl carbamates (subject to hydrolysis) is 1. The molecule has 0 heterocycles. The van der Waals surface area contributed by atoms with Crippen molar-refractivity contribution >= 4 is 18.0 Å². The van der Waals surface area contributed by atoms with Gasteiger partial charge in [-0.15, -0.1) is 0 Å². The molecule has 0 saturated heterocycles. The molecule has 1 fully saturated rings. The van der Waals surface area contributed by atoms with E-state index in [-0.39, 0.29) is 12.5 Å². The van der Waals surface area contributed by atoms with E-state index < -0.39 is 36.0 Å². The van der Waals surface area contributed by atoms with Crippen molar-refractivity contribution in [2.75, 3.05) is 6.61 Å². The molecule has 2 aliphatic rings. The number of hydrogen-bond donors (Lipinski definition) is 3. The van der Waals surface area contributed by atoms with Gasteiger partial charge in [0, 0.05) is 11.5 Å². The van der Waals surface area contributed by atoms with Crippen molar-refractivity contribution in [2.45, 2.75) is 57.0 Å². The number of amides is 2. The Labute approximate surface area is 193 Å². The summed E-state index contributed by atoms with van der Waals surface area (Å²) in [5.41, 5.74) is 3.92. The molecule has 1 saturated carbocycles. The lowest BCUT2D eigenvalue weighted by Crippen LogP contribution is -2.57. The number of rotatable bonds is 8. The van der Waals surface area contributed by atoms with Crippen LogP contribution in [0, 0.1) is 5.92 Å². The van der Waals surface area contributed by atoms with Crippen LogP contribution in [0.3, 0.4) is 0 Å². The highest BCUT2D eigenvalue weighted by Gasteiger charge is 2.37. The number of ether oxygens (including phenoxy) is 1. The van der Waals surface area contributed by atoms with Crippen molar-refractivity contribution in [1.82, 2.24) is 10.6 Å². The average Bonchev–Trinajstić information content (AvgIpc) is 3.03. The summed E-state index contributed by atoms with van der Waals surface area (Å²) in [5, 5.41) is 14.6. The van der Waals surface area contributed by atoms with Crippen LogP contribution in [0.2, 0.25) is 0 Å². The molecule has 7 heteroatoms. The minimum atomic E-state index is -1.21. The first kappa shape index (κ1) is 22.8. The molecule has 174 valence electrons. The topological polar surface area (TPSA) is 105 Å². The van der Waals surface area contributed by atoms with Gasteiger partial charge in [0.1, 0.15) is 12.6 Å². The van der Waals surface area contributed by atoms with E-state index in [1.165, 1.54) is 0 Å². The summed E-state index contributed by atoms with van der Waals surface area (Å²) in [7, 11) is 0. The first-order valence-corrected chi connectivity index (χ1v) is 11.4. The summed E-state index contributed by atoms with van der Waals surface area (Å²) in [5.74, 6) is -1.45. The third kappa shape index (κ3) is 4.87. The maximum Gasteiger partial charge on any atom is 0.407 e. The summed E-state index contributed by atoms with van der Waals surface area (Å²) >= 11 is 0. The molecule has 33 heavy (non-hydrogen) atoms. The van der Waals surface area contributed by atoms with E-state index in [9.17, 15) is 19.5 Å². The van der Waals surface area contributed by atoms with Gasteiger partial charge in [-0.25, -0.2) is 4.79 Å². The van der Waals surface area contributed by atoms with Crippen LogP contribution in [-0.2, 0) is 14.3 Å². The molecule has 3 N–H and O–H groups in total. The zero-order valence-electron chi connectivity index (χ0n) is 19.0. The normalized spacial score (nSPS) is 16.2. The van der Waals surface area contributed by atoms with Gasteiger partial charge in [0.05, 0.1) is 6.42 Å². The van der Waals surface area contributed by atoms with Crippen molar-refractivity contribution in [2.24, 2.45) is 5.92 Å². The molecule has 2 amide bonds. The standard InChI is InChI=1S/C26H30N2O5/c1-26(2,16-8-7-9-16)28-24(31)22(14-23(29)30)27-25(32)33-15-21-19-12-5-3-10-17(19)18-11-4-6-13-20(18)21/h3-6,10-13,16,21-22H,7-9,14-15H2,1-2H3,(H,27,32)(H,28,31)(H,29,30). The Morgan fingerprint density at radius 2 is 1.61 bits per heavy atom. The Kier molecular flexibility index (Phi) is 6.40. The van der Waals surface area contributed by atoms with Crippen LogP contribution in [0.4, 0.5) is 4.79 Å². The Morgan fingerprint density at radius 1 is 1.03 bits per heavy atom. The number of carbonyl (C=O) groups excluding carboxylic acids is 2. The fourth-order valence-electron chi connectivity index (χ4n) is 4.80. The maximum absolute atomic E-state index is 12.8. The molecule has 0 aromatic heterocycles. The van der Waals surface area contributed by atoms with E-state index in [0.29, 0.717) is 5.92 Å². The first-order chi connectivity index (χ1) is 15.8. The molecule has 2 aromatic carbocycles. The molecule has 2 aromatic rings. The van der Waals surface area contributed by atoms with E-state index in [2.05, 4.69) is 10.6 Å². The van der Waals surface area contributed by atoms with E-state index in [4.69, 9.17) is 4.74 Å². The van der Waals surface area contributed by atoms with Crippen LogP contribution in [0.25, 0.3) is 11.1 Å². The molecule has 1 atom stereocenters. The van der Waals surface area contributed by atoms with Crippen LogP contribution >= 0.6 is 0 Å². The number of carbonyl (C=O) groups is 3. The SMILES string of the molecule is CC(C)(NC(=O)C(CC(=O)O)NC(=O)OCC1c2ccccc2-c2ccccc21)C1CCC1. The molecule has 0 spiro atoms. The number of benzene rings is 2. The van der Waals surface area contributed by atoms with Crippen molar-refractivity contribution < 1.29 is 24.2 Å². The average molecular weight is 451 g/mol. The van der Waals surface area contributed by atoms with Crippen LogP contribution in [0.5, 0.6) is 0 Å². The lowest BCUT2D eigenvalue weighted by atomic mass is 9.72. The van der Waals surface area contributed by atoms with E-state index in [0.717, 1.165) is 41.5 Å². The molecule has 7 nitrogen and oxygen atoms in total. The van der Waals surface area contributed by atoms with Gasteiger partial charge in [-0.05, 0) is 54.9 Å². The molecule has 1 unspecified atom stereocenters. The molecule has 4 rings (SSSR count). The number of carboxylic acids is 1. The van der Waals surface area contributed by atoms with Gasteiger partial charge in [0.15, 0.2) is 0 Å². The minimum Gasteiger partial charge on any atom is -0.481 e. The summed E-state index contributed by atoms with van der Waals surface area (Å²) in [6, 6.07) is 14.8. The predicted molar refractivity (Wildman–Crippen MR) is 124 cm³/mol. The van der Waals surface area contributed by atoms with Crippen LogP contribution in [-0.4, -0.2) is 41.3 Å². The van der Waals surface area contributed by atoms with Crippen molar-refractivity contribution in [3.8, 4) is 11.1 Å². The number of aliphatic carboxylic acids is 1. The second-order valence-electron chi connectivity index (χ2n) is 9.46.